The first-order valence-electron chi connectivity index (χ1n) is 10.6. The molecule has 0 amide bonds. The van der Waals surface area contributed by atoms with Crippen molar-refractivity contribution in [3.05, 3.63) is 23.8 Å². The summed E-state index contributed by atoms with van der Waals surface area (Å²) in [6.07, 6.45) is 0.167. The first kappa shape index (κ1) is 25.3. The van der Waals surface area contributed by atoms with Gasteiger partial charge in [-0.3, -0.25) is 10.1 Å². The van der Waals surface area contributed by atoms with E-state index in [4.69, 9.17) is 23.7 Å². The van der Waals surface area contributed by atoms with E-state index in [9.17, 15) is 9.59 Å². The zero-order chi connectivity index (χ0) is 24.6. The molecule has 3 rings (SSSR count). The maximum Gasteiger partial charge on any atom is 0.371 e. The van der Waals surface area contributed by atoms with Crippen molar-refractivity contribution < 1.29 is 33.3 Å². The molecular formula is C23H32N2O7S. The molecule has 1 N–H and O–H groups in total. The van der Waals surface area contributed by atoms with Gasteiger partial charge in [-0.1, -0.05) is 6.07 Å². The highest BCUT2D eigenvalue weighted by Crippen LogP contribution is 2.46. The third-order valence-electron chi connectivity index (χ3n) is 5.40. The summed E-state index contributed by atoms with van der Waals surface area (Å²) in [5, 5.41) is 2.54. The van der Waals surface area contributed by atoms with Gasteiger partial charge in [-0.15, -0.1) is 11.8 Å². The molecule has 0 radical (unpaired) electrons. The Morgan fingerprint density at radius 3 is 2.30 bits per heavy atom. The Bertz CT molecular complexity index is 934. The summed E-state index contributed by atoms with van der Waals surface area (Å²) >= 11 is 1.38. The van der Waals surface area contributed by atoms with Gasteiger partial charge < -0.3 is 23.7 Å². The molecule has 33 heavy (non-hydrogen) atoms. The van der Waals surface area contributed by atoms with E-state index in [2.05, 4.69) is 10.3 Å². The molecule has 0 bridgehead atoms. The lowest BCUT2D eigenvalue weighted by Crippen LogP contribution is -2.54. The fraction of sp³-hybridized carbons (Fsp3) is 0.609. The third-order valence-corrected chi connectivity index (χ3v) is 6.93. The Kier molecular flexibility index (Phi) is 7.02. The molecule has 2 aliphatic heterocycles. The van der Waals surface area contributed by atoms with Crippen LogP contribution in [-0.2, 0) is 30.2 Å². The highest BCUT2D eigenvalue weighted by Gasteiger charge is 2.61. The van der Waals surface area contributed by atoms with Crippen LogP contribution in [0.25, 0.3) is 0 Å². The normalized spacial score (nSPS) is 26.5. The van der Waals surface area contributed by atoms with E-state index in [-0.39, 0.29) is 12.3 Å². The van der Waals surface area contributed by atoms with Crippen LogP contribution in [0.4, 0.5) is 0 Å². The molecule has 182 valence electrons. The minimum atomic E-state index is -1.65. The van der Waals surface area contributed by atoms with Gasteiger partial charge in [0.25, 0.3) is 5.72 Å². The van der Waals surface area contributed by atoms with Gasteiger partial charge in [-0.05, 0) is 46.8 Å². The third kappa shape index (κ3) is 4.97. The van der Waals surface area contributed by atoms with E-state index in [1.165, 1.54) is 18.9 Å². The van der Waals surface area contributed by atoms with Gasteiger partial charge in [0.2, 0.25) is 5.90 Å². The number of carbonyl (C=O) groups is 2. The van der Waals surface area contributed by atoms with Gasteiger partial charge in [0.15, 0.2) is 0 Å². The minimum absolute atomic E-state index is 0.167. The second-order valence-corrected chi connectivity index (χ2v) is 11.1. The molecule has 1 fully saturated rings. The summed E-state index contributed by atoms with van der Waals surface area (Å²) in [7, 11) is 4.50. The molecule has 10 heteroatoms. The zero-order valence-corrected chi connectivity index (χ0v) is 21.1. The average Bonchev–Trinajstić information content (AvgIpc) is 3.23. The van der Waals surface area contributed by atoms with Gasteiger partial charge >= 0.3 is 11.9 Å². The van der Waals surface area contributed by atoms with Crippen molar-refractivity contribution in [2.45, 2.75) is 68.5 Å². The summed E-state index contributed by atoms with van der Waals surface area (Å²) in [5.74, 6) is 0.290. The highest BCUT2D eigenvalue weighted by atomic mass is 32.2. The van der Waals surface area contributed by atoms with E-state index in [0.29, 0.717) is 17.1 Å². The van der Waals surface area contributed by atoms with Crippen LogP contribution < -0.4 is 14.8 Å². The Morgan fingerprint density at radius 1 is 1.18 bits per heavy atom. The number of hydrogen-bond donors (Lipinski definition) is 1. The minimum Gasteiger partial charge on any atom is -0.496 e. The Labute approximate surface area is 198 Å². The average molecular weight is 481 g/mol. The molecule has 1 aromatic carbocycles. The van der Waals surface area contributed by atoms with Crippen LogP contribution in [0.5, 0.6) is 11.5 Å². The van der Waals surface area contributed by atoms with Crippen molar-refractivity contribution >= 4 is 29.6 Å². The van der Waals surface area contributed by atoms with E-state index < -0.39 is 39.4 Å². The SMILES string of the molecule is COc1cccc(OC)c1CC1=NC(OC)(C2NC(C(=O)OC(C)(C)C)C(C)(C)S2)C(=O)O1. The topological polar surface area (TPSA) is 105 Å². The van der Waals surface area contributed by atoms with Crippen LogP contribution in [-0.4, -0.2) is 66.7 Å². The summed E-state index contributed by atoms with van der Waals surface area (Å²) in [6, 6.07) is 4.73. The Morgan fingerprint density at radius 2 is 1.79 bits per heavy atom. The van der Waals surface area contributed by atoms with E-state index in [1.54, 1.807) is 32.4 Å². The van der Waals surface area contributed by atoms with Crippen molar-refractivity contribution in [3.8, 4) is 11.5 Å². The predicted octanol–water partition coefficient (Wildman–Crippen LogP) is 2.70. The fourth-order valence-electron chi connectivity index (χ4n) is 3.83. The molecule has 2 aliphatic rings. The number of rotatable bonds is 7. The van der Waals surface area contributed by atoms with Crippen LogP contribution >= 0.6 is 11.8 Å². The molecule has 0 aliphatic carbocycles. The van der Waals surface area contributed by atoms with Gasteiger partial charge in [0.1, 0.15) is 28.5 Å². The molecule has 9 nitrogen and oxygen atoms in total. The number of hydrogen-bond acceptors (Lipinski definition) is 10. The van der Waals surface area contributed by atoms with E-state index in [0.717, 1.165) is 0 Å². The number of methoxy groups -OCH3 is 3. The lowest BCUT2D eigenvalue weighted by molar-refractivity contribution is -0.161. The number of benzene rings is 1. The smallest absolute Gasteiger partial charge is 0.371 e. The summed E-state index contributed by atoms with van der Waals surface area (Å²) in [6.45, 7) is 9.25. The molecular weight excluding hydrogens is 448 g/mol. The molecule has 0 spiro atoms. The van der Waals surface area contributed by atoms with E-state index in [1.807, 2.05) is 34.6 Å². The van der Waals surface area contributed by atoms with Crippen molar-refractivity contribution in [1.29, 1.82) is 0 Å². The molecule has 1 saturated heterocycles. The van der Waals surface area contributed by atoms with Gasteiger partial charge in [-0.25, -0.2) is 9.79 Å². The molecule has 0 saturated carbocycles. The van der Waals surface area contributed by atoms with Crippen LogP contribution in [0, 0.1) is 0 Å². The van der Waals surface area contributed by atoms with Crippen molar-refractivity contribution in [3.63, 3.8) is 0 Å². The van der Waals surface area contributed by atoms with Gasteiger partial charge in [0, 0.05) is 17.4 Å². The Hall–Kier alpha value is -2.30. The molecule has 3 unspecified atom stereocenters. The highest BCUT2D eigenvalue weighted by molar-refractivity contribution is 8.01. The fourth-order valence-corrected chi connectivity index (χ4v) is 5.34. The lowest BCUT2D eigenvalue weighted by atomic mass is 10.0. The molecule has 3 atom stereocenters. The molecule has 2 heterocycles. The number of esters is 2. The van der Waals surface area contributed by atoms with Crippen LogP contribution in [0.1, 0.15) is 40.2 Å². The quantitative estimate of drug-likeness (QED) is 0.590. The van der Waals surface area contributed by atoms with Crippen LogP contribution in [0.3, 0.4) is 0 Å². The second-order valence-electron chi connectivity index (χ2n) is 9.35. The molecule has 1 aromatic rings. The van der Waals surface area contributed by atoms with Gasteiger partial charge in [0.05, 0.1) is 20.6 Å². The van der Waals surface area contributed by atoms with Crippen molar-refractivity contribution in [1.82, 2.24) is 5.32 Å². The number of nitrogens with one attached hydrogen (secondary N) is 1. The first-order chi connectivity index (χ1) is 15.4. The Balaban J connectivity index is 1.90. The number of nitrogens with zero attached hydrogens (tertiary/aromatic N) is 1. The van der Waals surface area contributed by atoms with Gasteiger partial charge in [-0.2, -0.15) is 0 Å². The van der Waals surface area contributed by atoms with Crippen molar-refractivity contribution in [2.75, 3.05) is 21.3 Å². The summed E-state index contributed by atoms with van der Waals surface area (Å²) in [5.41, 5.74) is -1.59. The number of aliphatic imine (C=N–C) groups is 1. The monoisotopic (exact) mass is 480 g/mol. The predicted molar refractivity (Wildman–Crippen MR) is 125 cm³/mol. The largest absolute Gasteiger partial charge is 0.496 e. The summed E-state index contributed by atoms with van der Waals surface area (Å²) in [4.78, 5) is 30.4. The first-order valence-corrected chi connectivity index (χ1v) is 11.5. The van der Waals surface area contributed by atoms with E-state index >= 15 is 0 Å². The summed E-state index contributed by atoms with van der Waals surface area (Å²) < 4.78 is 27.0. The number of cyclic esters (lactones) is 1. The maximum atomic E-state index is 13.0. The number of ether oxygens (including phenoxy) is 5. The number of thioether (sulfide) groups is 1. The van der Waals surface area contributed by atoms with Crippen LogP contribution in [0.15, 0.2) is 23.2 Å². The second kappa shape index (κ2) is 9.15. The zero-order valence-electron chi connectivity index (χ0n) is 20.3. The lowest BCUT2D eigenvalue weighted by Gasteiger charge is -2.27. The standard InChI is InChI=1S/C23H32N2O7S/c1-21(2,3)32-18(26)17-22(4,5)33-19(24-17)23(30-8)20(27)31-16(25-23)12-13-14(28-6)10-9-11-15(13)29-7/h9-11,17,19,24H,12H2,1-8H3. The van der Waals surface area contributed by atoms with Crippen LogP contribution in [0.2, 0.25) is 0 Å². The number of carbonyl (C=O) groups excluding carboxylic acids is 2. The van der Waals surface area contributed by atoms with Crippen molar-refractivity contribution in [2.24, 2.45) is 4.99 Å². The maximum absolute atomic E-state index is 13.0. The molecule has 0 aromatic heterocycles.